The van der Waals surface area contributed by atoms with E-state index in [0.29, 0.717) is 17.7 Å². The Morgan fingerprint density at radius 3 is 2.96 bits per heavy atom. The summed E-state index contributed by atoms with van der Waals surface area (Å²) in [5.41, 5.74) is 0.825. The number of thioether (sulfide) groups is 1. The molecular formula is C18H21N3O3S2. The second-order valence-electron chi connectivity index (χ2n) is 7.02. The van der Waals surface area contributed by atoms with E-state index in [1.54, 1.807) is 12.1 Å². The summed E-state index contributed by atoms with van der Waals surface area (Å²) in [6, 6.07) is 5.13. The van der Waals surface area contributed by atoms with Crippen molar-refractivity contribution in [3.63, 3.8) is 0 Å². The van der Waals surface area contributed by atoms with Gasteiger partial charge in [-0.1, -0.05) is 24.6 Å². The van der Waals surface area contributed by atoms with Gasteiger partial charge in [-0.15, -0.1) is 11.3 Å². The van der Waals surface area contributed by atoms with Gasteiger partial charge in [-0.05, 0) is 37.7 Å². The van der Waals surface area contributed by atoms with Crippen LogP contribution in [0.1, 0.15) is 38.5 Å². The summed E-state index contributed by atoms with van der Waals surface area (Å²) in [6.07, 6.45) is 7.31. The van der Waals surface area contributed by atoms with Gasteiger partial charge in [0.25, 0.3) is 5.69 Å². The number of carbonyl (C=O) groups is 1. The highest BCUT2D eigenvalue weighted by molar-refractivity contribution is 8.01. The van der Waals surface area contributed by atoms with Crippen molar-refractivity contribution in [3.05, 3.63) is 28.3 Å². The first-order chi connectivity index (χ1) is 12.6. The third kappa shape index (κ3) is 3.57. The number of benzene rings is 1. The van der Waals surface area contributed by atoms with E-state index < -0.39 is 4.92 Å². The zero-order valence-electron chi connectivity index (χ0n) is 14.4. The molecule has 138 valence electrons. The Kier molecular flexibility index (Phi) is 5.13. The molecule has 0 radical (unpaired) electrons. The summed E-state index contributed by atoms with van der Waals surface area (Å²) in [5.74, 6) is 1.29. The van der Waals surface area contributed by atoms with Gasteiger partial charge in [-0.3, -0.25) is 14.9 Å². The Balaban J connectivity index is 1.42. The molecule has 2 fully saturated rings. The number of nitrogens with zero attached hydrogens (tertiary/aromatic N) is 3. The molecule has 1 amide bonds. The van der Waals surface area contributed by atoms with Crippen LogP contribution in [-0.2, 0) is 4.79 Å². The third-order valence-corrected chi connectivity index (χ3v) is 7.59. The van der Waals surface area contributed by atoms with E-state index in [1.165, 1.54) is 54.8 Å². The largest absolute Gasteiger partial charge is 0.339 e. The molecule has 2 aliphatic rings. The zero-order valence-corrected chi connectivity index (χ0v) is 16.1. The Labute approximate surface area is 160 Å². The molecule has 1 saturated carbocycles. The van der Waals surface area contributed by atoms with Crippen LogP contribution in [0.3, 0.4) is 0 Å². The number of likely N-dealkylation sites (tertiary alicyclic amines) is 1. The smallest absolute Gasteiger partial charge is 0.270 e. The van der Waals surface area contributed by atoms with Crippen LogP contribution >= 0.6 is 23.1 Å². The number of rotatable bonds is 4. The van der Waals surface area contributed by atoms with Crippen molar-refractivity contribution >= 4 is 44.9 Å². The fourth-order valence-electron chi connectivity index (χ4n) is 4.21. The molecule has 1 saturated heterocycles. The number of aromatic nitrogens is 1. The third-order valence-electron chi connectivity index (χ3n) is 5.45. The normalized spacial score (nSPS) is 23.0. The van der Waals surface area contributed by atoms with Gasteiger partial charge in [0, 0.05) is 24.7 Å². The second kappa shape index (κ2) is 7.52. The van der Waals surface area contributed by atoms with Gasteiger partial charge in [0.2, 0.25) is 5.91 Å². The summed E-state index contributed by atoms with van der Waals surface area (Å²) in [6.45, 7) is 0.882. The van der Waals surface area contributed by atoms with Crippen LogP contribution in [0.15, 0.2) is 22.5 Å². The molecule has 1 aromatic heterocycles. The van der Waals surface area contributed by atoms with Crippen molar-refractivity contribution in [3.8, 4) is 0 Å². The molecule has 2 heterocycles. The Morgan fingerprint density at radius 2 is 2.12 bits per heavy atom. The van der Waals surface area contributed by atoms with Gasteiger partial charge in [0.05, 0.1) is 20.9 Å². The van der Waals surface area contributed by atoms with Crippen molar-refractivity contribution in [2.75, 3.05) is 12.3 Å². The minimum Gasteiger partial charge on any atom is -0.339 e. The number of hydrogen-bond acceptors (Lipinski definition) is 6. The Hall–Kier alpha value is -1.67. The maximum absolute atomic E-state index is 12.8. The maximum atomic E-state index is 12.8. The quantitative estimate of drug-likeness (QED) is 0.436. The van der Waals surface area contributed by atoms with Crippen LogP contribution < -0.4 is 0 Å². The summed E-state index contributed by atoms with van der Waals surface area (Å²) in [5, 5.41) is 10.9. The number of fused-ring (bicyclic) bond motifs is 2. The molecule has 26 heavy (non-hydrogen) atoms. The monoisotopic (exact) mass is 391 g/mol. The Morgan fingerprint density at radius 1 is 1.31 bits per heavy atom. The van der Waals surface area contributed by atoms with E-state index >= 15 is 0 Å². The molecule has 0 unspecified atom stereocenters. The molecule has 1 aliphatic heterocycles. The second-order valence-corrected chi connectivity index (χ2v) is 9.27. The first kappa shape index (κ1) is 17.7. The van der Waals surface area contributed by atoms with E-state index in [0.717, 1.165) is 33.9 Å². The summed E-state index contributed by atoms with van der Waals surface area (Å²) < 4.78 is 1.59. The molecule has 4 rings (SSSR count). The van der Waals surface area contributed by atoms with E-state index in [1.807, 2.05) is 0 Å². The van der Waals surface area contributed by atoms with E-state index in [-0.39, 0.29) is 11.6 Å². The van der Waals surface area contributed by atoms with E-state index in [9.17, 15) is 14.9 Å². The molecule has 0 spiro atoms. The lowest BCUT2D eigenvalue weighted by atomic mass is 9.78. The fraction of sp³-hybridized carbons (Fsp3) is 0.556. The molecule has 2 aromatic rings. The van der Waals surface area contributed by atoms with Crippen LogP contribution in [0, 0.1) is 16.0 Å². The van der Waals surface area contributed by atoms with Crippen molar-refractivity contribution in [1.82, 2.24) is 9.88 Å². The van der Waals surface area contributed by atoms with Crippen molar-refractivity contribution < 1.29 is 9.72 Å². The molecule has 1 aliphatic carbocycles. The molecule has 6 nitrogen and oxygen atoms in total. The van der Waals surface area contributed by atoms with Crippen LogP contribution in [0.2, 0.25) is 0 Å². The summed E-state index contributed by atoms with van der Waals surface area (Å²) in [4.78, 5) is 29.9. The van der Waals surface area contributed by atoms with Crippen LogP contribution in [0.25, 0.3) is 10.2 Å². The molecule has 8 heteroatoms. The minimum absolute atomic E-state index is 0.0745. The molecular weight excluding hydrogens is 370 g/mol. The number of non-ortho nitro benzene ring substituents is 1. The van der Waals surface area contributed by atoms with Crippen molar-refractivity contribution in [2.24, 2.45) is 5.92 Å². The number of amides is 1. The summed E-state index contributed by atoms with van der Waals surface area (Å²) >= 11 is 2.86. The highest BCUT2D eigenvalue weighted by atomic mass is 32.2. The maximum Gasteiger partial charge on any atom is 0.270 e. The van der Waals surface area contributed by atoms with Gasteiger partial charge in [-0.2, -0.15) is 0 Å². The lowest BCUT2D eigenvalue weighted by Gasteiger charge is -2.44. The highest BCUT2D eigenvalue weighted by Gasteiger charge is 2.35. The predicted molar refractivity (Wildman–Crippen MR) is 104 cm³/mol. The average Bonchev–Trinajstić information content (AvgIpc) is 3.07. The van der Waals surface area contributed by atoms with Crippen LogP contribution in [0.4, 0.5) is 5.69 Å². The SMILES string of the molecule is O=C(CSc1nc2ccc([N+](=O)[O-])cc2s1)N1CCC[C@@H]2CCCC[C@@H]21. The topological polar surface area (TPSA) is 76.3 Å². The van der Waals surface area contributed by atoms with Crippen molar-refractivity contribution in [2.45, 2.75) is 48.9 Å². The van der Waals surface area contributed by atoms with Gasteiger partial charge in [0.1, 0.15) is 0 Å². The fourth-order valence-corrected chi connectivity index (χ4v) is 6.20. The first-order valence-corrected chi connectivity index (χ1v) is 10.9. The number of piperidine rings is 1. The average molecular weight is 392 g/mol. The van der Waals surface area contributed by atoms with Crippen LogP contribution in [-0.4, -0.2) is 39.1 Å². The molecule has 2 atom stereocenters. The lowest BCUT2D eigenvalue weighted by Crippen LogP contribution is -2.50. The lowest BCUT2D eigenvalue weighted by molar-refractivity contribution is -0.384. The molecule has 1 aromatic carbocycles. The van der Waals surface area contributed by atoms with E-state index in [2.05, 4.69) is 9.88 Å². The number of carbonyl (C=O) groups excluding carboxylic acids is 1. The number of nitro benzene ring substituents is 1. The first-order valence-electron chi connectivity index (χ1n) is 9.09. The molecule has 0 bridgehead atoms. The van der Waals surface area contributed by atoms with Crippen LogP contribution in [0.5, 0.6) is 0 Å². The van der Waals surface area contributed by atoms with E-state index in [4.69, 9.17) is 0 Å². The predicted octanol–water partition coefficient (Wildman–Crippen LogP) is 4.48. The number of thiazole rings is 1. The zero-order chi connectivity index (χ0) is 18.1. The number of nitro groups is 1. The van der Waals surface area contributed by atoms with Gasteiger partial charge >= 0.3 is 0 Å². The standard InChI is InChI=1S/C18H21N3O3S2/c22-17(20-9-3-5-12-4-1-2-6-15(12)20)11-25-18-19-14-8-7-13(21(23)24)10-16(14)26-18/h7-8,10,12,15H,1-6,9,11H2/t12-,15-/m0/s1. The van der Waals surface area contributed by atoms with Gasteiger partial charge in [0.15, 0.2) is 4.34 Å². The number of hydrogen-bond donors (Lipinski definition) is 0. The van der Waals surface area contributed by atoms with Gasteiger partial charge in [-0.25, -0.2) is 4.98 Å². The van der Waals surface area contributed by atoms with Gasteiger partial charge < -0.3 is 4.90 Å². The summed E-state index contributed by atoms with van der Waals surface area (Å²) in [7, 11) is 0. The highest BCUT2D eigenvalue weighted by Crippen LogP contribution is 2.36. The minimum atomic E-state index is -0.396. The molecule has 0 N–H and O–H groups in total. The Bertz CT molecular complexity index is 836. The van der Waals surface area contributed by atoms with Crippen molar-refractivity contribution in [1.29, 1.82) is 0 Å².